The van der Waals surface area contributed by atoms with Gasteiger partial charge in [-0.15, -0.1) is 0 Å². The number of imidazole rings is 1. The fourth-order valence-corrected chi connectivity index (χ4v) is 4.09. The Labute approximate surface area is 188 Å². The predicted octanol–water partition coefficient (Wildman–Crippen LogP) is 2.06. The number of hydrogen-bond donors (Lipinski definition) is 4. The van der Waals surface area contributed by atoms with Crippen LogP contribution in [0.3, 0.4) is 0 Å². The molecule has 1 fully saturated rings. The van der Waals surface area contributed by atoms with Gasteiger partial charge in [0.2, 0.25) is 0 Å². The lowest BCUT2D eigenvalue weighted by atomic mass is 10.1. The number of aromatic nitrogens is 4. The maximum Gasteiger partial charge on any atom is 0.252 e. The van der Waals surface area contributed by atoms with Crippen LogP contribution >= 0.6 is 0 Å². The van der Waals surface area contributed by atoms with Crippen molar-refractivity contribution in [1.82, 2.24) is 24.8 Å². The van der Waals surface area contributed by atoms with Gasteiger partial charge in [-0.05, 0) is 6.42 Å². The Balaban J connectivity index is 1.39. The molecule has 0 aliphatic carbocycles. The quantitative estimate of drug-likeness (QED) is 0.340. The molecule has 4 atom stereocenters. The van der Waals surface area contributed by atoms with Gasteiger partial charge in [0.15, 0.2) is 23.8 Å². The molecule has 0 saturated carbocycles. The number of amides is 1. The summed E-state index contributed by atoms with van der Waals surface area (Å²) in [6.07, 6.45) is 10.0. The monoisotopic (exact) mass is 448 g/mol. The van der Waals surface area contributed by atoms with E-state index in [0.717, 1.165) is 19.3 Å². The van der Waals surface area contributed by atoms with E-state index >= 15 is 0 Å². The maximum atomic E-state index is 12.5. The number of nitrogens with one attached hydrogen (secondary N) is 1. The van der Waals surface area contributed by atoms with Gasteiger partial charge in [-0.2, -0.15) is 0 Å². The number of nitrogen functional groups attached to an aromatic ring is 1. The van der Waals surface area contributed by atoms with Gasteiger partial charge < -0.3 is 26.0 Å². The average molecular weight is 449 g/mol. The molecule has 1 aliphatic rings. The molecular formula is C22H36N6O4. The first kappa shape index (κ1) is 24.3. The number of anilines is 1. The number of hydrogen-bond acceptors (Lipinski definition) is 8. The van der Waals surface area contributed by atoms with Crippen molar-refractivity contribution in [2.75, 3.05) is 12.3 Å². The molecule has 178 valence electrons. The Morgan fingerprint density at radius 1 is 1.03 bits per heavy atom. The van der Waals surface area contributed by atoms with E-state index in [0.29, 0.717) is 17.7 Å². The van der Waals surface area contributed by atoms with Crippen molar-refractivity contribution < 1.29 is 19.7 Å². The number of nitrogens with two attached hydrogens (primary N) is 1. The van der Waals surface area contributed by atoms with Gasteiger partial charge >= 0.3 is 0 Å². The van der Waals surface area contributed by atoms with Crippen LogP contribution in [0.25, 0.3) is 11.2 Å². The van der Waals surface area contributed by atoms with Gasteiger partial charge in [0.05, 0.1) is 6.33 Å². The van der Waals surface area contributed by atoms with E-state index < -0.39 is 30.4 Å². The molecule has 2 aromatic rings. The van der Waals surface area contributed by atoms with Crippen LogP contribution < -0.4 is 11.1 Å². The fourth-order valence-electron chi connectivity index (χ4n) is 4.09. The van der Waals surface area contributed by atoms with Crippen molar-refractivity contribution in [3.05, 3.63) is 12.7 Å². The van der Waals surface area contributed by atoms with Crippen molar-refractivity contribution >= 4 is 22.9 Å². The van der Waals surface area contributed by atoms with E-state index in [2.05, 4.69) is 27.2 Å². The topological polar surface area (TPSA) is 148 Å². The molecule has 1 unspecified atom stereocenters. The fraction of sp³-hybridized carbons (Fsp3) is 0.727. The van der Waals surface area contributed by atoms with Crippen LogP contribution in [0.4, 0.5) is 5.82 Å². The van der Waals surface area contributed by atoms with Crippen LogP contribution in [0.1, 0.15) is 77.4 Å². The Morgan fingerprint density at radius 3 is 2.38 bits per heavy atom. The van der Waals surface area contributed by atoms with Gasteiger partial charge in [-0.3, -0.25) is 9.36 Å². The number of aliphatic hydroxyl groups excluding tert-OH is 2. The first-order chi connectivity index (χ1) is 15.5. The summed E-state index contributed by atoms with van der Waals surface area (Å²) < 4.78 is 7.16. The number of carbonyl (C=O) groups excluding carboxylic acids is 1. The SMILES string of the molecule is CCCCCCCCCCCCNC(=O)[C@H]1OC(n2cnc3c(N)ncnc32)[C@H](O)[C@@H]1O. The third kappa shape index (κ3) is 5.93. The number of rotatable bonds is 13. The number of aliphatic hydroxyl groups is 2. The zero-order chi connectivity index (χ0) is 22.9. The molecule has 5 N–H and O–H groups in total. The molecule has 10 nitrogen and oxygen atoms in total. The summed E-state index contributed by atoms with van der Waals surface area (Å²) in [6, 6.07) is 0. The Morgan fingerprint density at radius 2 is 1.69 bits per heavy atom. The molecule has 0 bridgehead atoms. The second-order valence-electron chi connectivity index (χ2n) is 8.48. The third-order valence-electron chi connectivity index (χ3n) is 5.99. The molecular weight excluding hydrogens is 412 g/mol. The van der Waals surface area contributed by atoms with Crippen molar-refractivity contribution in [3.63, 3.8) is 0 Å². The van der Waals surface area contributed by atoms with Crippen LogP contribution in [0.2, 0.25) is 0 Å². The van der Waals surface area contributed by atoms with Crippen LogP contribution in [0, 0.1) is 0 Å². The largest absolute Gasteiger partial charge is 0.387 e. The van der Waals surface area contributed by atoms with Gasteiger partial charge in [-0.1, -0.05) is 64.7 Å². The minimum atomic E-state index is -1.36. The Hall–Kier alpha value is -2.30. The number of nitrogens with zero attached hydrogens (tertiary/aromatic N) is 4. The maximum absolute atomic E-state index is 12.5. The van der Waals surface area contributed by atoms with Crippen molar-refractivity contribution in [2.24, 2.45) is 0 Å². The number of carbonyl (C=O) groups is 1. The molecule has 3 heterocycles. The molecule has 1 saturated heterocycles. The zero-order valence-electron chi connectivity index (χ0n) is 18.8. The molecule has 32 heavy (non-hydrogen) atoms. The lowest BCUT2D eigenvalue weighted by Crippen LogP contribution is -2.43. The summed E-state index contributed by atoms with van der Waals surface area (Å²) >= 11 is 0. The van der Waals surface area contributed by atoms with Gasteiger partial charge in [0, 0.05) is 6.54 Å². The van der Waals surface area contributed by atoms with Crippen LogP contribution in [-0.4, -0.2) is 60.5 Å². The minimum absolute atomic E-state index is 0.201. The Bertz CT molecular complexity index is 860. The zero-order valence-corrected chi connectivity index (χ0v) is 18.8. The summed E-state index contributed by atoms with van der Waals surface area (Å²) in [7, 11) is 0. The molecule has 0 spiro atoms. The van der Waals surface area contributed by atoms with Crippen LogP contribution in [-0.2, 0) is 9.53 Å². The van der Waals surface area contributed by atoms with E-state index in [-0.39, 0.29) is 5.82 Å². The lowest BCUT2D eigenvalue weighted by Gasteiger charge is -2.16. The molecule has 3 rings (SSSR count). The van der Waals surface area contributed by atoms with Crippen LogP contribution in [0.15, 0.2) is 12.7 Å². The highest BCUT2D eigenvalue weighted by atomic mass is 16.6. The third-order valence-corrected chi connectivity index (χ3v) is 5.99. The highest BCUT2D eigenvalue weighted by Crippen LogP contribution is 2.32. The van der Waals surface area contributed by atoms with Crippen LogP contribution in [0.5, 0.6) is 0 Å². The molecule has 1 aliphatic heterocycles. The van der Waals surface area contributed by atoms with E-state index in [9.17, 15) is 15.0 Å². The highest BCUT2D eigenvalue weighted by molar-refractivity contribution is 5.82. The average Bonchev–Trinajstić information content (AvgIpc) is 3.34. The first-order valence-electron chi connectivity index (χ1n) is 11.8. The van der Waals surface area contributed by atoms with E-state index in [1.54, 1.807) is 0 Å². The Kier molecular flexibility index (Phi) is 9.19. The van der Waals surface area contributed by atoms with Gasteiger partial charge in [-0.25, -0.2) is 15.0 Å². The van der Waals surface area contributed by atoms with Crippen molar-refractivity contribution in [2.45, 2.75) is 95.7 Å². The summed E-state index contributed by atoms with van der Waals surface area (Å²) in [5.41, 5.74) is 6.52. The second-order valence-corrected chi connectivity index (χ2v) is 8.48. The van der Waals surface area contributed by atoms with E-state index in [4.69, 9.17) is 10.5 Å². The molecule has 0 aromatic carbocycles. The van der Waals surface area contributed by atoms with Gasteiger partial charge in [0.1, 0.15) is 24.1 Å². The summed E-state index contributed by atoms with van der Waals surface area (Å²) in [6.45, 7) is 2.74. The van der Waals surface area contributed by atoms with Crippen molar-refractivity contribution in [3.8, 4) is 0 Å². The van der Waals surface area contributed by atoms with Gasteiger partial charge in [0.25, 0.3) is 5.91 Å². The summed E-state index contributed by atoms with van der Waals surface area (Å²) in [5.74, 6) is -0.235. The molecule has 0 radical (unpaired) electrons. The van der Waals surface area contributed by atoms with Crippen molar-refractivity contribution in [1.29, 1.82) is 0 Å². The standard InChI is InChI=1S/C22H36N6O4/c1-2-3-4-5-6-7-8-9-10-11-12-24-21(31)18-16(29)17(30)22(32-18)28-14-27-15-19(23)25-13-26-20(15)28/h13-14,16-18,22,29-30H,2-12H2,1H3,(H,24,31)(H2,23,25,26)/t16-,17+,18-,22?/m0/s1. The lowest BCUT2D eigenvalue weighted by molar-refractivity contribution is -0.137. The number of fused-ring (bicyclic) bond motifs is 1. The normalized spacial score (nSPS) is 23.1. The number of unbranched alkanes of at least 4 members (excludes halogenated alkanes) is 9. The summed E-state index contributed by atoms with van der Waals surface area (Å²) in [5, 5.41) is 23.6. The smallest absolute Gasteiger partial charge is 0.252 e. The highest BCUT2D eigenvalue weighted by Gasteiger charge is 2.47. The summed E-state index contributed by atoms with van der Waals surface area (Å²) in [4.78, 5) is 24.7. The molecule has 2 aromatic heterocycles. The van der Waals surface area contributed by atoms with E-state index in [1.807, 2.05) is 0 Å². The predicted molar refractivity (Wildman–Crippen MR) is 121 cm³/mol. The number of ether oxygens (including phenoxy) is 1. The first-order valence-corrected chi connectivity index (χ1v) is 11.8. The minimum Gasteiger partial charge on any atom is -0.387 e. The molecule has 1 amide bonds. The van der Waals surface area contributed by atoms with E-state index in [1.165, 1.54) is 62.2 Å². The molecule has 10 heteroatoms. The second kappa shape index (κ2) is 12.1.